The fourth-order valence-corrected chi connectivity index (χ4v) is 4.24. The molecule has 2 saturated heterocycles. The molecule has 0 spiro atoms. The molecule has 6 nitrogen and oxygen atoms in total. The lowest BCUT2D eigenvalue weighted by atomic mass is 9.88. The molecule has 9 heteroatoms. The van der Waals surface area contributed by atoms with Crippen molar-refractivity contribution in [2.45, 2.75) is 49.4 Å². The third kappa shape index (κ3) is 4.32. The summed E-state index contributed by atoms with van der Waals surface area (Å²) in [5.74, 6) is -0.374. The maximum absolute atomic E-state index is 12.8. The number of benzene rings is 1. The van der Waals surface area contributed by atoms with Gasteiger partial charge in [0, 0.05) is 38.3 Å². The van der Waals surface area contributed by atoms with Gasteiger partial charge in [-0.25, -0.2) is 0 Å². The van der Waals surface area contributed by atoms with E-state index in [0.717, 1.165) is 5.56 Å². The van der Waals surface area contributed by atoms with E-state index in [4.69, 9.17) is 0 Å². The molecule has 2 amide bonds. The molecular formula is C21H26F3N3O3. The lowest BCUT2D eigenvalue weighted by molar-refractivity contribution is -0.160. The fraction of sp³-hybridized carbons (Fsp3) is 0.619. The molecule has 0 aromatic heterocycles. The van der Waals surface area contributed by atoms with Gasteiger partial charge in [-0.1, -0.05) is 12.1 Å². The van der Waals surface area contributed by atoms with E-state index in [9.17, 15) is 27.9 Å². The van der Waals surface area contributed by atoms with Crippen LogP contribution in [0.2, 0.25) is 0 Å². The van der Waals surface area contributed by atoms with E-state index in [1.807, 2.05) is 12.1 Å². The number of piperazine rings is 1. The van der Waals surface area contributed by atoms with Crippen molar-refractivity contribution in [1.82, 2.24) is 15.1 Å². The van der Waals surface area contributed by atoms with Crippen LogP contribution < -0.4 is 5.32 Å². The number of piperidine rings is 1. The van der Waals surface area contributed by atoms with E-state index in [-0.39, 0.29) is 30.7 Å². The molecule has 1 aliphatic carbocycles. The van der Waals surface area contributed by atoms with Gasteiger partial charge < -0.3 is 20.2 Å². The first-order valence-corrected chi connectivity index (χ1v) is 10.4. The van der Waals surface area contributed by atoms with E-state index in [2.05, 4.69) is 5.32 Å². The second-order valence-corrected chi connectivity index (χ2v) is 8.51. The highest BCUT2D eigenvalue weighted by molar-refractivity contribution is 5.94. The summed E-state index contributed by atoms with van der Waals surface area (Å²) in [6.07, 6.45) is -2.71. The number of aliphatic hydroxyl groups is 1. The van der Waals surface area contributed by atoms with Crippen LogP contribution in [0.5, 0.6) is 0 Å². The van der Waals surface area contributed by atoms with Gasteiger partial charge in [-0.3, -0.25) is 9.59 Å². The van der Waals surface area contributed by atoms with Gasteiger partial charge in [0.1, 0.15) is 11.6 Å². The summed E-state index contributed by atoms with van der Waals surface area (Å²) in [6, 6.07) is 5.63. The molecule has 2 aliphatic heterocycles. The summed E-state index contributed by atoms with van der Waals surface area (Å²) in [6.45, 7) is 1.89. The van der Waals surface area contributed by atoms with Crippen molar-refractivity contribution in [1.29, 1.82) is 0 Å². The molecule has 4 rings (SSSR count). The van der Waals surface area contributed by atoms with E-state index >= 15 is 0 Å². The summed E-state index contributed by atoms with van der Waals surface area (Å²) in [7, 11) is 0. The van der Waals surface area contributed by atoms with E-state index in [1.54, 1.807) is 21.9 Å². The zero-order chi connectivity index (χ0) is 21.5. The van der Waals surface area contributed by atoms with Gasteiger partial charge in [0.15, 0.2) is 0 Å². The Balaban J connectivity index is 1.30. The lowest BCUT2D eigenvalue weighted by Gasteiger charge is -2.36. The average molecular weight is 425 g/mol. The van der Waals surface area contributed by atoms with Gasteiger partial charge in [-0.15, -0.1) is 0 Å². The summed E-state index contributed by atoms with van der Waals surface area (Å²) >= 11 is 0. The van der Waals surface area contributed by atoms with Crippen molar-refractivity contribution >= 4 is 11.8 Å². The smallest absolute Gasteiger partial charge is 0.380 e. The Hall–Kier alpha value is -2.13. The summed E-state index contributed by atoms with van der Waals surface area (Å²) in [4.78, 5) is 28.3. The third-order valence-corrected chi connectivity index (χ3v) is 6.41. The van der Waals surface area contributed by atoms with E-state index in [1.165, 1.54) is 0 Å². The Morgan fingerprint density at radius 3 is 2.10 bits per heavy atom. The van der Waals surface area contributed by atoms with Gasteiger partial charge in [0.25, 0.3) is 11.8 Å². The minimum absolute atomic E-state index is 0.00413. The second-order valence-electron chi connectivity index (χ2n) is 8.51. The molecule has 1 saturated carbocycles. The van der Waals surface area contributed by atoms with Crippen LogP contribution in [0.3, 0.4) is 0 Å². The van der Waals surface area contributed by atoms with Crippen molar-refractivity contribution in [3.8, 4) is 0 Å². The van der Waals surface area contributed by atoms with E-state index < -0.39 is 17.8 Å². The van der Waals surface area contributed by atoms with Crippen molar-refractivity contribution in [3.05, 3.63) is 35.4 Å². The quantitative estimate of drug-likeness (QED) is 0.776. The Labute approximate surface area is 173 Å². The Morgan fingerprint density at radius 1 is 1.00 bits per heavy atom. The van der Waals surface area contributed by atoms with Gasteiger partial charge >= 0.3 is 6.18 Å². The largest absolute Gasteiger partial charge is 0.403 e. The molecule has 0 radical (unpaired) electrons. The predicted octanol–water partition coefficient (Wildman–Crippen LogP) is 1.89. The number of halogens is 3. The Bertz CT molecular complexity index is 792. The topological polar surface area (TPSA) is 72.9 Å². The predicted molar refractivity (Wildman–Crippen MR) is 103 cm³/mol. The lowest BCUT2D eigenvalue weighted by Crippen LogP contribution is -2.53. The standard InChI is InChI=1S/C21H26F3N3O3/c22-21(23,24)17-6-5-16(13-25-17)14-1-3-15(4-2-14)18(28)26-9-11-27(12-10-26)19(29)20(30)7-8-20/h1-4,16-17,25,30H,5-13H2. The highest BCUT2D eigenvalue weighted by atomic mass is 19.4. The number of hydrogen-bond donors (Lipinski definition) is 2. The molecule has 164 valence electrons. The van der Waals surface area contributed by atoms with Crippen LogP contribution in [0, 0.1) is 0 Å². The van der Waals surface area contributed by atoms with Crippen molar-refractivity contribution in [2.75, 3.05) is 32.7 Å². The number of nitrogens with zero attached hydrogens (tertiary/aromatic N) is 2. The van der Waals surface area contributed by atoms with Gasteiger partial charge in [0.05, 0.1) is 0 Å². The maximum atomic E-state index is 12.8. The molecule has 2 unspecified atom stereocenters. The second kappa shape index (κ2) is 7.85. The number of amides is 2. The zero-order valence-electron chi connectivity index (χ0n) is 16.6. The van der Waals surface area contributed by atoms with Crippen LogP contribution in [0.15, 0.2) is 24.3 Å². The average Bonchev–Trinajstić information content (AvgIpc) is 3.51. The normalized spacial score (nSPS) is 26.4. The monoisotopic (exact) mass is 425 g/mol. The van der Waals surface area contributed by atoms with Crippen LogP contribution in [0.4, 0.5) is 13.2 Å². The molecule has 1 aromatic rings. The minimum Gasteiger partial charge on any atom is -0.380 e. The number of carbonyl (C=O) groups excluding carboxylic acids is 2. The van der Waals surface area contributed by atoms with Gasteiger partial charge in [-0.2, -0.15) is 13.2 Å². The highest BCUT2D eigenvalue weighted by Gasteiger charge is 2.50. The van der Waals surface area contributed by atoms with Crippen LogP contribution in [0.1, 0.15) is 47.5 Å². The third-order valence-electron chi connectivity index (χ3n) is 6.41. The number of hydrogen-bond acceptors (Lipinski definition) is 4. The van der Waals surface area contributed by atoms with E-state index in [0.29, 0.717) is 51.0 Å². The molecule has 30 heavy (non-hydrogen) atoms. The first kappa shape index (κ1) is 21.1. The summed E-state index contributed by atoms with van der Waals surface area (Å²) in [5.41, 5.74) is 0.264. The molecule has 2 heterocycles. The zero-order valence-corrected chi connectivity index (χ0v) is 16.6. The highest BCUT2D eigenvalue weighted by Crippen LogP contribution is 2.37. The van der Waals surface area contributed by atoms with Gasteiger partial charge in [-0.05, 0) is 49.3 Å². The number of nitrogens with one attached hydrogen (secondary N) is 1. The first-order chi connectivity index (χ1) is 14.2. The number of carbonyl (C=O) groups is 2. The molecular weight excluding hydrogens is 399 g/mol. The SMILES string of the molecule is O=C(c1ccc(C2CCC(C(F)(F)F)NC2)cc1)N1CCN(C(=O)C2(O)CC2)CC1. The van der Waals surface area contributed by atoms with Crippen LogP contribution in [0.25, 0.3) is 0 Å². The number of alkyl halides is 3. The first-order valence-electron chi connectivity index (χ1n) is 10.4. The van der Waals surface area contributed by atoms with Crippen molar-refractivity contribution in [3.63, 3.8) is 0 Å². The molecule has 2 atom stereocenters. The van der Waals surface area contributed by atoms with Crippen LogP contribution in [-0.4, -0.2) is 77.3 Å². The molecule has 1 aromatic carbocycles. The van der Waals surface area contributed by atoms with Crippen LogP contribution in [-0.2, 0) is 4.79 Å². The Kier molecular flexibility index (Phi) is 5.52. The molecule has 3 aliphatic rings. The molecule has 3 fully saturated rings. The van der Waals surface area contributed by atoms with Crippen molar-refractivity contribution in [2.24, 2.45) is 0 Å². The number of rotatable bonds is 3. The maximum Gasteiger partial charge on any atom is 0.403 e. The fourth-order valence-electron chi connectivity index (χ4n) is 4.24. The van der Waals surface area contributed by atoms with Crippen molar-refractivity contribution < 1.29 is 27.9 Å². The minimum atomic E-state index is -4.22. The van der Waals surface area contributed by atoms with Crippen LogP contribution >= 0.6 is 0 Å². The Morgan fingerprint density at radius 2 is 1.60 bits per heavy atom. The summed E-state index contributed by atoms with van der Waals surface area (Å²) in [5, 5.41) is 12.5. The summed E-state index contributed by atoms with van der Waals surface area (Å²) < 4.78 is 38.3. The molecule has 2 N–H and O–H groups in total. The van der Waals surface area contributed by atoms with Gasteiger partial charge in [0.2, 0.25) is 0 Å². The molecule has 0 bridgehead atoms.